The molecule has 1 heterocycles. The summed E-state index contributed by atoms with van der Waals surface area (Å²) in [5.74, 6) is -2.51. The Balaban J connectivity index is 0.000000331. The molecule has 4 N–H and O–H groups in total. The summed E-state index contributed by atoms with van der Waals surface area (Å²) in [6.45, 7) is 0. The average molecular weight is 274 g/mol. The molecule has 0 bridgehead atoms. The van der Waals surface area contributed by atoms with E-state index in [0.717, 1.165) is 0 Å². The monoisotopic (exact) mass is 274 g/mol. The van der Waals surface area contributed by atoms with E-state index in [1.807, 2.05) is 0 Å². The number of aliphatic carboxylic acids is 2. The molecule has 9 heteroatoms. The Labute approximate surface area is 102 Å². The number of pyridine rings is 1. The van der Waals surface area contributed by atoms with Gasteiger partial charge in [0, 0.05) is 24.5 Å². The Morgan fingerprint density at radius 2 is 1.72 bits per heavy atom. The maximum atomic E-state index is 10.6. The van der Waals surface area contributed by atoms with Crippen molar-refractivity contribution in [2.75, 3.05) is 0 Å². The lowest BCUT2D eigenvalue weighted by molar-refractivity contribution is -0.134. The van der Waals surface area contributed by atoms with Crippen molar-refractivity contribution in [1.82, 2.24) is 4.98 Å². The van der Waals surface area contributed by atoms with Gasteiger partial charge in [0.15, 0.2) is 0 Å². The van der Waals surface area contributed by atoms with Crippen molar-refractivity contribution in [3.05, 3.63) is 36.7 Å². The minimum absolute atomic E-state index is 0.0370. The van der Waals surface area contributed by atoms with Gasteiger partial charge in [0.05, 0.1) is 0 Å². The van der Waals surface area contributed by atoms with Gasteiger partial charge >= 0.3 is 11.9 Å². The molecule has 0 amide bonds. The SMILES string of the molecule is NS(=O)(=O)c1cccnc1.O=C(O)/C=C/C(=O)O. The molecule has 0 aliphatic heterocycles. The summed E-state index contributed by atoms with van der Waals surface area (Å²) < 4.78 is 21.1. The first-order valence-corrected chi connectivity index (χ1v) is 5.85. The fourth-order valence-electron chi connectivity index (χ4n) is 0.658. The van der Waals surface area contributed by atoms with Gasteiger partial charge in [-0.2, -0.15) is 0 Å². The van der Waals surface area contributed by atoms with Crippen molar-refractivity contribution >= 4 is 22.0 Å². The fourth-order valence-corrected chi connectivity index (χ4v) is 1.13. The summed E-state index contributed by atoms with van der Waals surface area (Å²) in [5.41, 5.74) is 0. The number of carboxylic acids is 2. The molecular weight excluding hydrogens is 264 g/mol. The normalized spacial score (nSPS) is 10.5. The number of nitrogens with two attached hydrogens (primary N) is 1. The molecule has 1 aromatic heterocycles. The lowest BCUT2D eigenvalue weighted by Crippen LogP contribution is -2.11. The lowest BCUT2D eigenvalue weighted by atomic mass is 10.5. The zero-order valence-corrected chi connectivity index (χ0v) is 9.74. The van der Waals surface area contributed by atoms with Crippen LogP contribution in [0.5, 0.6) is 0 Å². The first-order valence-electron chi connectivity index (χ1n) is 4.30. The number of nitrogens with zero attached hydrogens (tertiary/aromatic N) is 1. The molecule has 1 rings (SSSR count). The number of rotatable bonds is 3. The van der Waals surface area contributed by atoms with Crippen LogP contribution < -0.4 is 5.14 Å². The van der Waals surface area contributed by atoms with Gasteiger partial charge in [-0.1, -0.05) is 0 Å². The van der Waals surface area contributed by atoms with Crippen molar-refractivity contribution in [3.8, 4) is 0 Å². The summed E-state index contributed by atoms with van der Waals surface area (Å²) in [5, 5.41) is 20.4. The second-order valence-corrected chi connectivity index (χ2v) is 4.30. The number of carboxylic acid groups (broad SMARTS) is 2. The molecule has 0 saturated carbocycles. The van der Waals surface area contributed by atoms with Gasteiger partial charge in [0.25, 0.3) is 0 Å². The molecule has 0 radical (unpaired) electrons. The smallest absolute Gasteiger partial charge is 0.328 e. The number of hydrogen-bond acceptors (Lipinski definition) is 5. The van der Waals surface area contributed by atoms with E-state index in [1.165, 1.54) is 24.5 Å². The van der Waals surface area contributed by atoms with E-state index in [2.05, 4.69) is 4.98 Å². The van der Waals surface area contributed by atoms with Gasteiger partial charge in [0.2, 0.25) is 10.0 Å². The zero-order chi connectivity index (χ0) is 14.2. The molecular formula is C9H10N2O6S. The van der Waals surface area contributed by atoms with Crippen molar-refractivity contribution in [2.45, 2.75) is 4.90 Å². The van der Waals surface area contributed by atoms with E-state index >= 15 is 0 Å². The maximum absolute atomic E-state index is 10.6. The summed E-state index contributed by atoms with van der Waals surface area (Å²) in [7, 11) is -3.57. The zero-order valence-electron chi connectivity index (χ0n) is 8.92. The van der Waals surface area contributed by atoms with Crippen LogP contribution in [-0.2, 0) is 19.6 Å². The number of sulfonamides is 1. The minimum atomic E-state index is -3.57. The Morgan fingerprint density at radius 3 is 1.94 bits per heavy atom. The van der Waals surface area contributed by atoms with Gasteiger partial charge in [-0.15, -0.1) is 0 Å². The Kier molecular flexibility index (Phi) is 6.24. The van der Waals surface area contributed by atoms with Crippen LogP contribution in [-0.4, -0.2) is 35.6 Å². The molecule has 0 aliphatic carbocycles. The highest BCUT2D eigenvalue weighted by atomic mass is 32.2. The van der Waals surface area contributed by atoms with Gasteiger partial charge in [-0.25, -0.2) is 23.1 Å². The molecule has 8 nitrogen and oxygen atoms in total. The third-order valence-corrected chi connectivity index (χ3v) is 2.23. The van der Waals surface area contributed by atoms with E-state index in [0.29, 0.717) is 12.2 Å². The van der Waals surface area contributed by atoms with E-state index in [9.17, 15) is 18.0 Å². The Bertz CT molecular complexity index is 521. The van der Waals surface area contributed by atoms with Gasteiger partial charge in [-0.05, 0) is 12.1 Å². The third-order valence-electron chi connectivity index (χ3n) is 1.33. The van der Waals surface area contributed by atoms with Crippen molar-refractivity contribution in [3.63, 3.8) is 0 Å². The van der Waals surface area contributed by atoms with Crippen LogP contribution in [0.3, 0.4) is 0 Å². The molecule has 1 aromatic rings. The first-order chi connectivity index (χ1) is 8.23. The summed E-state index contributed by atoms with van der Waals surface area (Å²) in [6.07, 6.45) is 3.80. The maximum Gasteiger partial charge on any atom is 0.328 e. The molecule has 0 aromatic carbocycles. The highest BCUT2D eigenvalue weighted by molar-refractivity contribution is 7.89. The topological polar surface area (TPSA) is 148 Å². The number of aromatic nitrogens is 1. The molecule has 0 fully saturated rings. The van der Waals surface area contributed by atoms with E-state index in [1.54, 1.807) is 0 Å². The summed E-state index contributed by atoms with van der Waals surface area (Å²) in [4.78, 5) is 22.7. The van der Waals surface area contributed by atoms with Crippen LogP contribution in [0, 0.1) is 0 Å². The largest absolute Gasteiger partial charge is 0.478 e. The van der Waals surface area contributed by atoms with Crippen molar-refractivity contribution in [1.29, 1.82) is 0 Å². The highest BCUT2D eigenvalue weighted by Crippen LogP contribution is 2.00. The fraction of sp³-hybridized carbons (Fsp3) is 0. The predicted octanol–water partition coefficient (Wildman–Crippen LogP) is -0.559. The molecule has 0 unspecified atom stereocenters. The molecule has 0 aliphatic rings. The van der Waals surface area contributed by atoms with Crippen LogP contribution in [0.2, 0.25) is 0 Å². The van der Waals surface area contributed by atoms with E-state index in [4.69, 9.17) is 15.4 Å². The first kappa shape index (κ1) is 15.7. The average Bonchev–Trinajstić information content (AvgIpc) is 2.27. The third kappa shape index (κ3) is 7.96. The minimum Gasteiger partial charge on any atom is -0.478 e. The van der Waals surface area contributed by atoms with Crippen LogP contribution >= 0.6 is 0 Å². The van der Waals surface area contributed by atoms with Crippen LogP contribution in [0.4, 0.5) is 0 Å². The Morgan fingerprint density at radius 1 is 1.22 bits per heavy atom. The van der Waals surface area contributed by atoms with Crippen LogP contribution in [0.1, 0.15) is 0 Å². The number of hydrogen-bond donors (Lipinski definition) is 3. The second kappa shape index (κ2) is 7.14. The van der Waals surface area contributed by atoms with Gasteiger partial charge in [0.1, 0.15) is 4.90 Å². The van der Waals surface area contributed by atoms with Crippen LogP contribution in [0.15, 0.2) is 41.6 Å². The summed E-state index contributed by atoms with van der Waals surface area (Å²) in [6, 6.07) is 2.90. The van der Waals surface area contributed by atoms with Gasteiger partial charge in [-0.3, -0.25) is 4.98 Å². The molecule has 0 spiro atoms. The van der Waals surface area contributed by atoms with Crippen LogP contribution in [0.25, 0.3) is 0 Å². The van der Waals surface area contributed by atoms with Crippen molar-refractivity contribution < 1.29 is 28.2 Å². The number of primary sulfonamides is 1. The molecule has 0 saturated heterocycles. The number of carbonyl (C=O) groups is 2. The quantitative estimate of drug-likeness (QED) is 0.625. The van der Waals surface area contributed by atoms with E-state index in [-0.39, 0.29) is 4.90 Å². The van der Waals surface area contributed by atoms with E-state index < -0.39 is 22.0 Å². The lowest BCUT2D eigenvalue weighted by Gasteiger charge is -1.92. The Hall–Kier alpha value is -2.26. The van der Waals surface area contributed by atoms with Gasteiger partial charge < -0.3 is 10.2 Å². The van der Waals surface area contributed by atoms with Crippen molar-refractivity contribution in [2.24, 2.45) is 5.14 Å². The molecule has 18 heavy (non-hydrogen) atoms. The highest BCUT2D eigenvalue weighted by Gasteiger charge is 2.04. The molecule has 98 valence electrons. The summed E-state index contributed by atoms with van der Waals surface area (Å²) >= 11 is 0. The second-order valence-electron chi connectivity index (χ2n) is 2.74. The standard InChI is InChI=1S/C5H6N2O2S.C4H4O4/c6-10(8,9)5-2-1-3-7-4-5;5-3(6)1-2-4(7)8/h1-4H,(H2,6,8,9);1-2H,(H,5,6)(H,7,8)/b;2-1+. The molecule has 0 atom stereocenters. The predicted molar refractivity (Wildman–Crippen MR) is 60.0 cm³/mol.